The van der Waals surface area contributed by atoms with Gasteiger partial charge >= 0.3 is 0 Å². The van der Waals surface area contributed by atoms with Crippen LogP contribution in [0.5, 0.6) is 0 Å². The normalized spacial score (nSPS) is 14.8. The summed E-state index contributed by atoms with van der Waals surface area (Å²) in [4.78, 5) is 11.4. The molecule has 0 saturated carbocycles. The van der Waals surface area contributed by atoms with E-state index in [1.165, 1.54) is 0 Å². The maximum absolute atomic E-state index is 11.4. The summed E-state index contributed by atoms with van der Waals surface area (Å²) >= 11 is 8.56. The highest BCUT2D eigenvalue weighted by Gasteiger charge is 2.22. The van der Waals surface area contributed by atoms with E-state index in [2.05, 4.69) is 27.9 Å². The molecule has 3 rings (SSSR count). The Morgan fingerprint density at radius 1 is 1.30 bits per heavy atom. The van der Waals surface area contributed by atoms with Gasteiger partial charge in [0.05, 0.1) is 12.5 Å². The van der Waals surface area contributed by atoms with Gasteiger partial charge in [-0.25, -0.2) is 0 Å². The molecular formula is C15H12ClIN2O. The van der Waals surface area contributed by atoms with E-state index in [-0.39, 0.29) is 11.9 Å². The number of anilines is 1. The van der Waals surface area contributed by atoms with Crippen molar-refractivity contribution in [3.05, 3.63) is 61.7 Å². The molecule has 0 aliphatic carbocycles. The lowest BCUT2D eigenvalue weighted by Crippen LogP contribution is -2.13. The molecule has 0 saturated heterocycles. The summed E-state index contributed by atoms with van der Waals surface area (Å²) in [6, 6.07) is 11.4. The van der Waals surface area contributed by atoms with E-state index in [0.29, 0.717) is 11.4 Å². The third kappa shape index (κ3) is 2.55. The molecule has 20 heavy (non-hydrogen) atoms. The standard InChI is InChI=1S/C15H12ClIN2O/c16-12-7-13-9(6-14(20)19-13)5-11(12)15(18)8-2-1-3-10(17)4-8/h1-5,7,15H,6,18H2,(H,19,20). The van der Waals surface area contributed by atoms with Crippen LogP contribution in [0.2, 0.25) is 5.02 Å². The molecule has 1 heterocycles. The molecule has 102 valence electrons. The molecule has 0 fully saturated rings. The Balaban J connectivity index is 2.02. The Labute approximate surface area is 135 Å². The molecule has 1 aliphatic rings. The van der Waals surface area contributed by atoms with E-state index < -0.39 is 0 Å². The largest absolute Gasteiger partial charge is 0.325 e. The molecule has 0 radical (unpaired) electrons. The van der Waals surface area contributed by atoms with Gasteiger partial charge in [-0.15, -0.1) is 0 Å². The fourth-order valence-electron chi connectivity index (χ4n) is 2.39. The van der Waals surface area contributed by atoms with Crippen LogP contribution in [0.3, 0.4) is 0 Å². The van der Waals surface area contributed by atoms with Crippen molar-refractivity contribution < 1.29 is 4.79 Å². The number of halogens is 2. The average molecular weight is 399 g/mol. The first-order valence-electron chi connectivity index (χ1n) is 6.18. The second-order valence-electron chi connectivity index (χ2n) is 4.79. The molecule has 3 N–H and O–H groups in total. The first kappa shape index (κ1) is 13.9. The van der Waals surface area contributed by atoms with Gasteiger partial charge in [-0.1, -0.05) is 23.7 Å². The molecule has 2 aromatic rings. The summed E-state index contributed by atoms with van der Waals surface area (Å²) in [5.74, 6) is -0.00366. The van der Waals surface area contributed by atoms with Crippen molar-refractivity contribution in [2.45, 2.75) is 12.5 Å². The monoisotopic (exact) mass is 398 g/mol. The van der Waals surface area contributed by atoms with E-state index in [1.807, 2.05) is 30.3 Å². The highest BCUT2D eigenvalue weighted by Crippen LogP contribution is 2.34. The third-order valence-electron chi connectivity index (χ3n) is 3.39. The fourth-order valence-corrected chi connectivity index (χ4v) is 3.23. The zero-order valence-electron chi connectivity index (χ0n) is 10.5. The first-order chi connectivity index (χ1) is 9.54. The Bertz CT molecular complexity index is 702. The second kappa shape index (κ2) is 5.35. The molecular weight excluding hydrogens is 387 g/mol. The zero-order valence-corrected chi connectivity index (χ0v) is 13.4. The minimum Gasteiger partial charge on any atom is -0.325 e. The van der Waals surface area contributed by atoms with Crippen molar-refractivity contribution in [2.24, 2.45) is 5.73 Å². The van der Waals surface area contributed by atoms with Gasteiger partial charge in [-0.2, -0.15) is 0 Å². The van der Waals surface area contributed by atoms with Crippen LogP contribution in [0.1, 0.15) is 22.7 Å². The number of carbonyl (C=O) groups is 1. The van der Waals surface area contributed by atoms with Crippen molar-refractivity contribution in [1.82, 2.24) is 0 Å². The zero-order chi connectivity index (χ0) is 14.3. The molecule has 3 nitrogen and oxygen atoms in total. The summed E-state index contributed by atoms with van der Waals surface area (Å²) in [5.41, 5.74) is 9.93. The Kier molecular flexibility index (Phi) is 3.70. The number of amides is 1. The maximum Gasteiger partial charge on any atom is 0.228 e. The summed E-state index contributed by atoms with van der Waals surface area (Å²) in [7, 11) is 0. The minimum atomic E-state index is -0.293. The van der Waals surface area contributed by atoms with Crippen LogP contribution in [-0.2, 0) is 11.2 Å². The fraction of sp³-hybridized carbons (Fsp3) is 0.133. The highest BCUT2D eigenvalue weighted by molar-refractivity contribution is 14.1. The van der Waals surface area contributed by atoms with Crippen molar-refractivity contribution >= 4 is 45.8 Å². The van der Waals surface area contributed by atoms with Crippen LogP contribution in [-0.4, -0.2) is 5.91 Å². The Morgan fingerprint density at radius 3 is 2.85 bits per heavy atom. The number of benzene rings is 2. The van der Waals surface area contributed by atoms with Crippen molar-refractivity contribution in [3.63, 3.8) is 0 Å². The molecule has 1 atom stereocenters. The van der Waals surface area contributed by atoms with Gasteiger partial charge in [0.1, 0.15) is 0 Å². The van der Waals surface area contributed by atoms with E-state index in [1.54, 1.807) is 6.07 Å². The number of nitrogens with two attached hydrogens (primary N) is 1. The van der Waals surface area contributed by atoms with E-state index in [9.17, 15) is 4.79 Å². The maximum atomic E-state index is 11.4. The number of nitrogens with one attached hydrogen (secondary N) is 1. The molecule has 2 aromatic carbocycles. The van der Waals surface area contributed by atoms with Gasteiger partial charge in [-0.3, -0.25) is 4.79 Å². The van der Waals surface area contributed by atoms with E-state index in [4.69, 9.17) is 17.3 Å². The average Bonchev–Trinajstić information content (AvgIpc) is 2.76. The van der Waals surface area contributed by atoms with Gasteiger partial charge < -0.3 is 11.1 Å². The molecule has 0 spiro atoms. The van der Waals surface area contributed by atoms with Gasteiger partial charge in [0, 0.05) is 14.3 Å². The first-order valence-corrected chi connectivity index (χ1v) is 7.63. The predicted molar refractivity (Wildman–Crippen MR) is 89.0 cm³/mol. The van der Waals surface area contributed by atoms with E-state index in [0.717, 1.165) is 25.9 Å². The van der Waals surface area contributed by atoms with Crippen molar-refractivity contribution in [3.8, 4) is 0 Å². The van der Waals surface area contributed by atoms with Crippen LogP contribution in [0, 0.1) is 3.57 Å². The van der Waals surface area contributed by atoms with Crippen LogP contribution in [0.15, 0.2) is 36.4 Å². The topological polar surface area (TPSA) is 55.1 Å². The predicted octanol–water partition coefficient (Wildman–Crippen LogP) is 3.49. The number of hydrogen-bond donors (Lipinski definition) is 2. The molecule has 1 aliphatic heterocycles. The van der Waals surface area contributed by atoms with Crippen LogP contribution in [0.25, 0.3) is 0 Å². The summed E-state index contributed by atoms with van der Waals surface area (Å²) < 4.78 is 1.13. The quantitative estimate of drug-likeness (QED) is 0.761. The number of fused-ring (bicyclic) bond motifs is 1. The van der Waals surface area contributed by atoms with Gasteiger partial charge in [0.15, 0.2) is 0 Å². The van der Waals surface area contributed by atoms with E-state index >= 15 is 0 Å². The Morgan fingerprint density at radius 2 is 2.10 bits per heavy atom. The lowest BCUT2D eigenvalue weighted by atomic mass is 9.97. The smallest absolute Gasteiger partial charge is 0.228 e. The number of rotatable bonds is 2. The van der Waals surface area contributed by atoms with Crippen LogP contribution < -0.4 is 11.1 Å². The van der Waals surface area contributed by atoms with Gasteiger partial charge in [-0.05, 0) is 63.5 Å². The van der Waals surface area contributed by atoms with Gasteiger partial charge in [0.25, 0.3) is 0 Å². The lowest BCUT2D eigenvalue weighted by molar-refractivity contribution is -0.115. The summed E-state index contributed by atoms with van der Waals surface area (Å²) in [6.07, 6.45) is 0.387. The number of carbonyl (C=O) groups excluding carboxylic acids is 1. The minimum absolute atomic E-state index is 0.00366. The van der Waals surface area contributed by atoms with Crippen molar-refractivity contribution in [1.29, 1.82) is 0 Å². The molecule has 1 amide bonds. The lowest BCUT2D eigenvalue weighted by Gasteiger charge is -2.16. The van der Waals surface area contributed by atoms with Crippen molar-refractivity contribution in [2.75, 3.05) is 5.32 Å². The highest BCUT2D eigenvalue weighted by atomic mass is 127. The molecule has 0 bridgehead atoms. The number of hydrogen-bond acceptors (Lipinski definition) is 2. The van der Waals surface area contributed by atoms with Crippen LogP contribution in [0.4, 0.5) is 5.69 Å². The SMILES string of the molecule is NC(c1cccc(I)c1)c1cc2c(cc1Cl)NC(=O)C2. The molecule has 1 unspecified atom stereocenters. The second-order valence-corrected chi connectivity index (χ2v) is 6.44. The van der Waals surface area contributed by atoms with Gasteiger partial charge in [0.2, 0.25) is 5.91 Å². The van der Waals surface area contributed by atoms with Crippen LogP contribution >= 0.6 is 34.2 Å². The summed E-state index contributed by atoms with van der Waals surface area (Å²) in [5, 5.41) is 3.37. The molecule has 5 heteroatoms. The third-order valence-corrected chi connectivity index (χ3v) is 4.39. The molecule has 0 aromatic heterocycles. The summed E-state index contributed by atoms with van der Waals surface area (Å²) in [6.45, 7) is 0. The Hall–Kier alpha value is -1.11.